The van der Waals surface area contributed by atoms with Gasteiger partial charge in [0.15, 0.2) is 0 Å². The standard InChI is InChI=1S/C24H20F3N3O5S/c1-22-11-17(29-36(33,34)15-6-4-3-5-7-15)23(2,35-22)19-18(22)20(31)30(21(19)32)14-9-8-13(12-28)16(10-14)24(25,26)27/h3-10,17-19,29H,11H2,1-2H3/t17-,18-,19+,22+,23-/m1/s1. The molecule has 2 aromatic rings. The molecule has 0 saturated carbocycles. The van der Waals surface area contributed by atoms with Crippen molar-refractivity contribution in [3.05, 3.63) is 59.7 Å². The maximum Gasteiger partial charge on any atom is 0.417 e. The van der Waals surface area contributed by atoms with Crippen LogP contribution in [0.5, 0.6) is 0 Å². The molecule has 5 rings (SSSR count). The van der Waals surface area contributed by atoms with E-state index in [4.69, 9.17) is 10.00 Å². The quantitative estimate of drug-likeness (QED) is 0.621. The van der Waals surface area contributed by atoms with E-state index in [1.807, 2.05) is 0 Å². The first-order chi connectivity index (χ1) is 16.7. The van der Waals surface area contributed by atoms with Crippen LogP contribution in [0.3, 0.4) is 0 Å². The third kappa shape index (κ3) is 3.37. The van der Waals surface area contributed by atoms with Crippen LogP contribution in [-0.2, 0) is 30.5 Å². The lowest BCUT2D eigenvalue weighted by molar-refractivity contribution is -0.138. The van der Waals surface area contributed by atoms with Crippen LogP contribution in [0, 0.1) is 23.2 Å². The predicted molar refractivity (Wildman–Crippen MR) is 119 cm³/mol. The Hall–Kier alpha value is -3.27. The molecular weight excluding hydrogens is 499 g/mol. The van der Waals surface area contributed by atoms with E-state index < -0.39 is 68.2 Å². The van der Waals surface area contributed by atoms with Crippen LogP contribution in [0.15, 0.2) is 53.4 Å². The van der Waals surface area contributed by atoms with E-state index in [1.54, 1.807) is 25.1 Å². The second-order valence-corrected chi connectivity index (χ2v) is 11.3. The lowest BCUT2D eigenvalue weighted by Gasteiger charge is -2.35. The molecule has 0 aliphatic carbocycles. The van der Waals surface area contributed by atoms with E-state index in [9.17, 15) is 31.2 Å². The summed E-state index contributed by atoms with van der Waals surface area (Å²) in [5.41, 5.74) is -4.83. The number of amides is 2. The molecule has 3 saturated heterocycles. The summed E-state index contributed by atoms with van der Waals surface area (Å²) in [5.74, 6) is -3.62. The number of imide groups is 1. The summed E-state index contributed by atoms with van der Waals surface area (Å²) in [5, 5.41) is 9.05. The Morgan fingerprint density at radius 3 is 2.33 bits per heavy atom. The van der Waals surface area contributed by atoms with Gasteiger partial charge in [-0.05, 0) is 50.6 Å². The van der Waals surface area contributed by atoms with Gasteiger partial charge in [-0.2, -0.15) is 18.4 Å². The van der Waals surface area contributed by atoms with Gasteiger partial charge in [-0.3, -0.25) is 9.59 Å². The Morgan fingerprint density at radius 1 is 1.08 bits per heavy atom. The number of carbonyl (C=O) groups excluding carboxylic acids is 2. The summed E-state index contributed by atoms with van der Waals surface area (Å²) in [7, 11) is -3.98. The van der Waals surface area contributed by atoms with Crippen molar-refractivity contribution in [3.63, 3.8) is 0 Å². The number of sulfonamides is 1. The number of fused-ring (bicyclic) bond motifs is 5. The summed E-state index contributed by atoms with van der Waals surface area (Å²) in [6.07, 6.45) is -4.78. The van der Waals surface area contributed by atoms with E-state index >= 15 is 0 Å². The SMILES string of the molecule is C[C@@]12O[C@@](C)(C[C@H]1NS(=O)(=O)c1ccccc1)[C@H]1C(=O)N(c3ccc(C#N)c(C(F)(F)F)c3)C(=O)[C@H]12. The molecular formula is C24H20F3N3O5S. The predicted octanol–water partition coefficient (Wildman–Crippen LogP) is 2.98. The monoisotopic (exact) mass is 519 g/mol. The Balaban J connectivity index is 1.51. The molecule has 0 radical (unpaired) electrons. The van der Waals surface area contributed by atoms with Crippen LogP contribution in [0.4, 0.5) is 18.9 Å². The average Bonchev–Trinajstić information content (AvgIpc) is 3.33. The molecule has 3 fully saturated rings. The van der Waals surface area contributed by atoms with Crippen LogP contribution < -0.4 is 9.62 Å². The molecule has 3 heterocycles. The Kier molecular flexibility index (Phi) is 5.17. The van der Waals surface area contributed by atoms with Crippen molar-refractivity contribution in [1.82, 2.24) is 4.72 Å². The number of nitrogens with zero attached hydrogens (tertiary/aromatic N) is 2. The minimum Gasteiger partial charge on any atom is -0.366 e. The molecule has 188 valence electrons. The molecule has 0 unspecified atom stereocenters. The van der Waals surface area contributed by atoms with E-state index in [0.29, 0.717) is 11.0 Å². The Bertz CT molecular complexity index is 1440. The number of alkyl halides is 3. The fourth-order valence-electron chi connectivity index (χ4n) is 5.83. The summed E-state index contributed by atoms with van der Waals surface area (Å²) in [6, 6.07) is 10.9. The molecule has 2 aromatic carbocycles. The third-order valence-corrected chi connectivity index (χ3v) is 8.86. The number of ether oxygens (including phenoxy) is 1. The zero-order chi connectivity index (χ0) is 26.3. The van der Waals surface area contributed by atoms with E-state index in [2.05, 4.69) is 4.72 Å². The van der Waals surface area contributed by atoms with Gasteiger partial charge in [0.25, 0.3) is 0 Å². The lowest BCUT2D eigenvalue weighted by Crippen LogP contribution is -2.56. The van der Waals surface area contributed by atoms with Crippen molar-refractivity contribution in [1.29, 1.82) is 5.26 Å². The molecule has 0 aromatic heterocycles. The number of hydrogen-bond acceptors (Lipinski definition) is 6. The first-order valence-electron chi connectivity index (χ1n) is 11.0. The van der Waals surface area contributed by atoms with E-state index in [1.165, 1.54) is 25.1 Å². The molecule has 1 N–H and O–H groups in total. The number of hydrogen-bond donors (Lipinski definition) is 1. The summed E-state index contributed by atoms with van der Waals surface area (Å²) in [4.78, 5) is 27.6. The summed E-state index contributed by atoms with van der Waals surface area (Å²) < 4.78 is 75.2. The van der Waals surface area contributed by atoms with Crippen molar-refractivity contribution in [2.24, 2.45) is 11.8 Å². The number of carbonyl (C=O) groups is 2. The second-order valence-electron chi connectivity index (χ2n) is 9.60. The largest absolute Gasteiger partial charge is 0.417 e. The minimum atomic E-state index is -4.87. The van der Waals surface area contributed by atoms with Gasteiger partial charge in [0, 0.05) is 0 Å². The first kappa shape index (κ1) is 24.4. The van der Waals surface area contributed by atoms with Crippen LogP contribution in [0.1, 0.15) is 31.4 Å². The molecule has 8 nitrogen and oxygen atoms in total. The number of benzene rings is 2. The zero-order valence-corrected chi connectivity index (χ0v) is 19.9. The van der Waals surface area contributed by atoms with Crippen molar-refractivity contribution in [2.75, 3.05) is 4.90 Å². The number of nitriles is 1. The second kappa shape index (κ2) is 7.61. The molecule has 5 atom stereocenters. The number of halogens is 3. The van der Waals surface area contributed by atoms with Crippen molar-refractivity contribution in [3.8, 4) is 6.07 Å². The fourth-order valence-corrected chi connectivity index (χ4v) is 7.17. The fraction of sp³-hybridized carbons (Fsp3) is 0.375. The molecule has 2 bridgehead atoms. The van der Waals surface area contributed by atoms with Crippen molar-refractivity contribution >= 4 is 27.5 Å². The Labute approximate surface area is 204 Å². The highest BCUT2D eigenvalue weighted by Crippen LogP contribution is 2.61. The minimum absolute atomic E-state index is 0.0193. The normalized spacial score (nSPS) is 31.6. The molecule has 3 aliphatic heterocycles. The first-order valence-corrected chi connectivity index (χ1v) is 12.5. The van der Waals surface area contributed by atoms with Crippen LogP contribution in [0.25, 0.3) is 0 Å². The van der Waals surface area contributed by atoms with Gasteiger partial charge in [0.2, 0.25) is 21.8 Å². The zero-order valence-electron chi connectivity index (χ0n) is 19.0. The van der Waals surface area contributed by atoms with Gasteiger partial charge in [-0.15, -0.1) is 0 Å². The van der Waals surface area contributed by atoms with Crippen molar-refractivity contribution in [2.45, 2.75) is 48.6 Å². The molecule has 12 heteroatoms. The molecule has 3 aliphatic rings. The highest BCUT2D eigenvalue weighted by atomic mass is 32.2. The topological polar surface area (TPSA) is 117 Å². The van der Waals surface area contributed by atoms with Gasteiger partial charge >= 0.3 is 6.18 Å². The highest BCUT2D eigenvalue weighted by Gasteiger charge is 2.76. The molecule has 36 heavy (non-hydrogen) atoms. The highest BCUT2D eigenvalue weighted by molar-refractivity contribution is 7.89. The van der Waals surface area contributed by atoms with Crippen molar-refractivity contribution < 1.29 is 35.9 Å². The Morgan fingerprint density at radius 2 is 1.72 bits per heavy atom. The number of rotatable bonds is 4. The number of nitrogens with one attached hydrogen (secondary N) is 1. The van der Waals surface area contributed by atoms with Crippen LogP contribution in [0.2, 0.25) is 0 Å². The lowest BCUT2D eigenvalue weighted by atomic mass is 9.67. The van der Waals surface area contributed by atoms with E-state index in [0.717, 1.165) is 12.1 Å². The summed E-state index contributed by atoms with van der Waals surface area (Å²) >= 11 is 0. The van der Waals surface area contributed by atoms with Crippen LogP contribution >= 0.6 is 0 Å². The molecule has 2 amide bonds. The van der Waals surface area contributed by atoms with Gasteiger partial charge in [0.05, 0.1) is 56.9 Å². The summed E-state index contributed by atoms with van der Waals surface area (Å²) in [6.45, 7) is 3.14. The van der Waals surface area contributed by atoms with Gasteiger partial charge in [0.1, 0.15) is 0 Å². The maximum absolute atomic E-state index is 13.5. The smallest absolute Gasteiger partial charge is 0.366 e. The average molecular weight is 520 g/mol. The van der Waals surface area contributed by atoms with E-state index in [-0.39, 0.29) is 17.0 Å². The van der Waals surface area contributed by atoms with Gasteiger partial charge < -0.3 is 4.74 Å². The van der Waals surface area contributed by atoms with Gasteiger partial charge in [-0.1, -0.05) is 18.2 Å². The van der Waals surface area contributed by atoms with Crippen LogP contribution in [-0.4, -0.2) is 37.5 Å². The third-order valence-electron chi connectivity index (χ3n) is 7.37. The maximum atomic E-state index is 13.5. The van der Waals surface area contributed by atoms with Gasteiger partial charge in [-0.25, -0.2) is 18.0 Å². The molecule has 0 spiro atoms. The number of anilines is 1.